The van der Waals surface area contributed by atoms with Crippen LogP contribution in [0.1, 0.15) is 13.8 Å². The van der Waals surface area contributed by atoms with Crippen molar-refractivity contribution < 1.29 is 12.8 Å². The second-order valence-electron chi connectivity index (χ2n) is 1.49. The normalized spacial score (nSPS) is 15.9. The summed E-state index contributed by atoms with van der Waals surface area (Å²) in [6, 6.07) is 0. The van der Waals surface area contributed by atoms with E-state index in [-0.39, 0.29) is 5.75 Å². The van der Waals surface area contributed by atoms with Crippen LogP contribution in [-0.2, 0) is 9.84 Å². The van der Waals surface area contributed by atoms with Crippen LogP contribution in [0.25, 0.3) is 0 Å². The fourth-order valence-corrected chi connectivity index (χ4v) is 0.689. The highest BCUT2D eigenvalue weighted by molar-refractivity contribution is 7.91. The van der Waals surface area contributed by atoms with E-state index in [4.69, 9.17) is 0 Å². The summed E-state index contributed by atoms with van der Waals surface area (Å²) in [5, 5.41) is 0. The Bertz CT molecular complexity index is 147. The molecule has 0 aliphatic rings. The Morgan fingerprint density at radius 3 is 2.00 bits per heavy atom. The van der Waals surface area contributed by atoms with Gasteiger partial charge in [0.25, 0.3) is 0 Å². The standard InChI is InChI=1S/C4H9FO2S/c1-3-8(6,7)4(2)5/h4H,3H2,1-2H3. The van der Waals surface area contributed by atoms with Gasteiger partial charge in [0.15, 0.2) is 15.3 Å². The van der Waals surface area contributed by atoms with Crippen molar-refractivity contribution in [3.05, 3.63) is 0 Å². The third kappa shape index (κ3) is 1.78. The zero-order valence-corrected chi connectivity index (χ0v) is 5.70. The van der Waals surface area contributed by atoms with Crippen LogP contribution in [0, 0.1) is 0 Å². The van der Waals surface area contributed by atoms with Crippen LogP contribution in [0.5, 0.6) is 0 Å². The Morgan fingerprint density at radius 2 is 2.00 bits per heavy atom. The smallest absolute Gasteiger partial charge is 0.198 e. The van der Waals surface area contributed by atoms with Gasteiger partial charge < -0.3 is 0 Å². The van der Waals surface area contributed by atoms with Crippen molar-refractivity contribution in [1.82, 2.24) is 0 Å². The predicted octanol–water partition coefficient (Wildman–Crippen LogP) is 0.737. The molecule has 0 aromatic carbocycles. The molecule has 0 aromatic rings. The lowest BCUT2D eigenvalue weighted by atomic mass is 10.9. The maximum Gasteiger partial charge on any atom is 0.198 e. The summed E-state index contributed by atoms with van der Waals surface area (Å²) < 4.78 is 32.5. The molecule has 8 heavy (non-hydrogen) atoms. The van der Waals surface area contributed by atoms with Crippen molar-refractivity contribution in [1.29, 1.82) is 0 Å². The zero-order chi connectivity index (χ0) is 6.78. The minimum atomic E-state index is -3.40. The Hall–Kier alpha value is -0.120. The molecule has 0 saturated heterocycles. The molecule has 0 saturated carbocycles. The molecule has 2 nitrogen and oxygen atoms in total. The van der Waals surface area contributed by atoms with E-state index in [1.807, 2.05) is 0 Å². The zero-order valence-electron chi connectivity index (χ0n) is 4.89. The maximum absolute atomic E-state index is 11.9. The Kier molecular flexibility index (Phi) is 2.40. The number of alkyl halides is 1. The summed E-state index contributed by atoms with van der Waals surface area (Å²) in [7, 11) is -3.40. The second kappa shape index (κ2) is 2.44. The second-order valence-corrected chi connectivity index (χ2v) is 4.05. The van der Waals surface area contributed by atoms with E-state index in [1.54, 1.807) is 0 Å². The molecule has 0 spiro atoms. The van der Waals surface area contributed by atoms with Crippen molar-refractivity contribution in [3.8, 4) is 0 Å². The Balaban J connectivity index is 4.17. The fraction of sp³-hybridized carbons (Fsp3) is 1.00. The van der Waals surface area contributed by atoms with Gasteiger partial charge in [0.2, 0.25) is 0 Å². The van der Waals surface area contributed by atoms with E-state index in [0.29, 0.717) is 0 Å². The molecule has 0 radical (unpaired) electrons. The van der Waals surface area contributed by atoms with Gasteiger partial charge in [-0.1, -0.05) is 6.92 Å². The van der Waals surface area contributed by atoms with Gasteiger partial charge in [-0.05, 0) is 6.92 Å². The minimum absolute atomic E-state index is 0.120. The van der Waals surface area contributed by atoms with Crippen LogP contribution in [0.15, 0.2) is 0 Å². The van der Waals surface area contributed by atoms with Gasteiger partial charge in [-0.3, -0.25) is 0 Å². The van der Waals surface area contributed by atoms with E-state index >= 15 is 0 Å². The molecule has 0 aromatic heterocycles. The minimum Gasteiger partial charge on any atom is -0.230 e. The number of rotatable bonds is 2. The first kappa shape index (κ1) is 7.88. The van der Waals surface area contributed by atoms with E-state index in [9.17, 15) is 12.8 Å². The highest BCUT2D eigenvalue weighted by atomic mass is 32.2. The first-order valence-corrected chi connectivity index (χ1v) is 4.08. The number of hydrogen-bond acceptors (Lipinski definition) is 2. The lowest BCUT2D eigenvalue weighted by Gasteiger charge is -1.97. The summed E-state index contributed by atoms with van der Waals surface area (Å²) in [5.41, 5.74) is -1.72. The molecule has 4 heteroatoms. The van der Waals surface area contributed by atoms with Crippen molar-refractivity contribution in [2.24, 2.45) is 0 Å². The number of sulfone groups is 1. The Morgan fingerprint density at radius 1 is 1.62 bits per heavy atom. The number of hydrogen-bond donors (Lipinski definition) is 0. The first-order chi connectivity index (χ1) is 3.50. The molecule has 0 amide bonds. The molecule has 0 aliphatic carbocycles. The van der Waals surface area contributed by atoms with Crippen LogP contribution in [-0.4, -0.2) is 19.7 Å². The van der Waals surface area contributed by atoms with Crippen LogP contribution >= 0.6 is 0 Å². The van der Waals surface area contributed by atoms with Crippen LogP contribution < -0.4 is 0 Å². The van der Waals surface area contributed by atoms with Crippen molar-refractivity contribution >= 4 is 9.84 Å². The van der Waals surface area contributed by atoms with E-state index in [2.05, 4.69) is 0 Å². The molecule has 1 atom stereocenters. The van der Waals surface area contributed by atoms with Crippen molar-refractivity contribution in [3.63, 3.8) is 0 Å². The molecule has 0 heterocycles. The van der Waals surface area contributed by atoms with Gasteiger partial charge >= 0.3 is 0 Å². The molecule has 0 N–H and O–H groups in total. The first-order valence-electron chi connectivity index (χ1n) is 2.36. The lowest BCUT2D eigenvalue weighted by molar-refractivity contribution is 0.444. The monoisotopic (exact) mass is 140 g/mol. The topological polar surface area (TPSA) is 34.1 Å². The third-order valence-electron chi connectivity index (χ3n) is 0.897. The summed E-state index contributed by atoms with van der Waals surface area (Å²) in [4.78, 5) is 0. The molecule has 1 unspecified atom stereocenters. The van der Waals surface area contributed by atoms with E-state index < -0.39 is 15.3 Å². The van der Waals surface area contributed by atoms with Gasteiger partial charge in [-0.25, -0.2) is 12.8 Å². The quantitative estimate of drug-likeness (QED) is 0.566. The molecule has 0 fully saturated rings. The Labute approximate surface area is 48.6 Å². The lowest BCUT2D eigenvalue weighted by Crippen LogP contribution is -2.13. The SMILES string of the molecule is CCS(=O)(=O)C(C)F. The van der Waals surface area contributed by atoms with Gasteiger partial charge in [0, 0.05) is 0 Å². The average molecular weight is 140 g/mol. The molecular weight excluding hydrogens is 131 g/mol. The number of halogens is 1. The molecule has 50 valence electrons. The summed E-state index contributed by atoms with van der Waals surface area (Å²) in [6.45, 7) is 2.45. The average Bonchev–Trinajstić information content (AvgIpc) is 1.67. The molecular formula is C4H9FO2S. The summed E-state index contributed by atoms with van der Waals surface area (Å²) in [5.74, 6) is -0.120. The maximum atomic E-state index is 11.9. The van der Waals surface area contributed by atoms with Crippen LogP contribution in [0.2, 0.25) is 0 Å². The van der Waals surface area contributed by atoms with Crippen LogP contribution in [0.4, 0.5) is 4.39 Å². The fourth-order valence-electron chi connectivity index (χ4n) is 0.230. The van der Waals surface area contributed by atoms with Gasteiger partial charge in [-0.2, -0.15) is 0 Å². The van der Waals surface area contributed by atoms with Crippen molar-refractivity contribution in [2.45, 2.75) is 19.4 Å². The largest absolute Gasteiger partial charge is 0.230 e. The molecule has 0 bridgehead atoms. The van der Waals surface area contributed by atoms with E-state index in [0.717, 1.165) is 6.92 Å². The van der Waals surface area contributed by atoms with Crippen LogP contribution in [0.3, 0.4) is 0 Å². The van der Waals surface area contributed by atoms with Crippen molar-refractivity contribution in [2.75, 3.05) is 5.75 Å². The summed E-state index contributed by atoms with van der Waals surface area (Å²) >= 11 is 0. The van der Waals surface area contributed by atoms with Gasteiger partial charge in [-0.15, -0.1) is 0 Å². The highest BCUT2D eigenvalue weighted by Gasteiger charge is 2.15. The van der Waals surface area contributed by atoms with E-state index in [1.165, 1.54) is 6.92 Å². The molecule has 0 aliphatic heterocycles. The predicted molar refractivity (Wildman–Crippen MR) is 30.0 cm³/mol. The van der Waals surface area contributed by atoms with Gasteiger partial charge in [0.1, 0.15) is 0 Å². The van der Waals surface area contributed by atoms with Gasteiger partial charge in [0.05, 0.1) is 5.75 Å². The highest BCUT2D eigenvalue weighted by Crippen LogP contribution is 2.00. The third-order valence-corrected chi connectivity index (χ3v) is 2.69. The molecule has 0 rings (SSSR count). The summed E-state index contributed by atoms with van der Waals surface area (Å²) in [6.07, 6.45) is 0.